The highest BCUT2D eigenvalue weighted by molar-refractivity contribution is 7.09. The standard InChI is InChI=1S/C24H22FN3O2S/c25-18-9-7-16(8-10-18)23(29)28-22(24(30)26-12-11-19-4-3-13-31-19)14-17-15-27-21-6-2-1-5-20(17)21/h1-10,13,15,22,27H,11-12,14H2,(H,26,30)(H,28,29)/t22-/m1/s1. The number of hydrogen-bond acceptors (Lipinski definition) is 3. The molecule has 0 aliphatic carbocycles. The molecule has 0 aliphatic heterocycles. The molecule has 4 aromatic rings. The predicted octanol–water partition coefficient (Wildman–Crippen LogP) is 4.07. The highest BCUT2D eigenvalue weighted by Gasteiger charge is 2.23. The van der Waals surface area contributed by atoms with Crippen LogP contribution in [0.3, 0.4) is 0 Å². The fraction of sp³-hybridized carbons (Fsp3) is 0.167. The van der Waals surface area contributed by atoms with Crippen molar-refractivity contribution in [3.8, 4) is 0 Å². The summed E-state index contributed by atoms with van der Waals surface area (Å²) in [6.07, 6.45) is 2.93. The number of aromatic amines is 1. The largest absolute Gasteiger partial charge is 0.361 e. The topological polar surface area (TPSA) is 74.0 Å². The average molecular weight is 436 g/mol. The summed E-state index contributed by atoms with van der Waals surface area (Å²) in [5.74, 6) is -1.09. The highest BCUT2D eigenvalue weighted by Crippen LogP contribution is 2.19. The number of hydrogen-bond donors (Lipinski definition) is 3. The van der Waals surface area contributed by atoms with Crippen LogP contribution in [0.4, 0.5) is 4.39 Å². The van der Waals surface area contributed by atoms with Crippen molar-refractivity contribution in [2.75, 3.05) is 6.54 Å². The second-order valence-corrected chi connectivity index (χ2v) is 8.25. The number of carbonyl (C=O) groups excluding carboxylic acids is 2. The Morgan fingerprint density at radius 2 is 1.84 bits per heavy atom. The summed E-state index contributed by atoms with van der Waals surface area (Å²) in [5, 5.41) is 8.75. The maximum absolute atomic E-state index is 13.2. The Morgan fingerprint density at radius 3 is 2.61 bits per heavy atom. The van der Waals surface area contributed by atoms with Crippen LogP contribution in [0.2, 0.25) is 0 Å². The third-order valence-corrected chi connectivity index (χ3v) is 6.01. The van der Waals surface area contributed by atoms with Crippen LogP contribution in [-0.4, -0.2) is 29.4 Å². The van der Waals surface area contributed by atoms with Crippen LogP contribution in [0, 0.1) is 5.82 Å². The van der Waals surface area contributed by atoms with Gasteiger partial charge >= 0.3 is 0 Å². The van der Waals surface area contributed by atoms with Gasteiger partial charge in [0, 0.05) is 40.5 Å². The number of nitrogens with one attached hydrogen (secondary N) is 3. The molecule has 1 atom stereocenters. The van der Waals surface area contributed by atoms with Crippen LogP contribution in [0.25, 0.3) is 10.9 Å². The average Bonchev–Trinajstić information content (AvgIpc) is 3.44. The molecular weight excluding hydrogens is 413 g/mol. The molecular formula is C24H22FN3O2S. The molecule has 0 aliphatic rings. The minimum absolute atomic E-state index is 0.253. The Bertz CT molecular complexity index is 1170. The third kappa shape index (κ3) is 5.19. The van der Waals surface area contributed by atoms with E-state index in [0.29, 0.717) is 18.5 Å². The minimum Gasteiger partial charge on any atom is -0.361 e. The van der Waals surface area contributed by atoms with Crippen molar-refractivity contribution in [2.24, 2.45) is 0 Å². The summed E-state index contributed by atoms with van der Waals surface area (Å²) in [5.41, 5.74) is 2.21. The van der Waals surface area contributed by atoms with E-state index in [9.17, 15) is 14.0 Å². The number of para-hydroxylation sites is 1. The Hall–Kier alpha value is -3.45. The van der Waals surface area contributed by atoms with Gasteiger partial charge in [0.1, 0.15) is 11.9 Å². The quantitative estimate of drug-likeness (QED) is 0.390. The molecule has 158 valence electrons. The second-order valence-electron chi connectivity index (χ2n) is 7.22. The molecule has 4 rings (SSSR count). The molecule has 3 N–H and O–H groups in total. The predicted molar refractivity (Wildman–Crippen MR) is 121 cm³/mol. The maximum Gasteiger partial charge on any atom is 0.251 e. The van der Waals surface area contributed by atoms with Gasteiger partial charge in [0.2, 0.25) is 5.91 Å². The van der Waals surface area contributed by atoms with Crippen molar-refractivity contribution < 1.29 is 14.0 Å². The Balaban J connectivity index is 1.49. The van der Waals surface area contributed by atoms with Gasteiger partial charge in [-0.2, -0.15) is 0 Å². The third-order valence-electron chi connectivity index (χ3n) is 5.08. The van der Waals surface area contributed by atoms with Crippen LogP contribution < -0.4 is 10.6 Å². The maximum atomic E-state index is 13.2. The molecule has 2 heterocycles. The van der Waals surface area contributed by atoms with Crippen molar-refractivity contribution in [2.45, 2.75) is 18.9 Å². The van der Waals surface area contributed by atoms with E-state index in [1.165, 1.54) is 29.1 Å². The molecule has 31 heavy (non-hydrogen) atoms. The number of rotatable bonds is 8. The molecule has 0 saturated carbocycles. The van der Waals surface area contributed by atoms with Gasteiger partial charge in [-0.25, -0.2) is 4.39 Å². The zero-order valence-corrected chi connectivity index (χ0v) is 17.5. The molecule has 5 nitrogen and oxygen atoms in total. The van der Waals surface area contributed by atoms with Crippen molar-refractivity contribution in [1.29, 1.82) is 0 Å². The second kappa shape index (κ2) is 9.57. The molecule has 2 amide bonds. The van der Waals surface area contributed by atoms with Gasteiger partial charge in [-0.1, -0.05) is 24.3 Å². The van der Waals surface area contributed by atoms with Gasteiger partial charge in [0.15, 0.2) is 0 Å². The lowest BCUT2D eigenvalue weighted by molar-refractivity contribution is -0.122. The van der Waals surface area contributed by atoms with Crippen LogP contribution in [0.15, 0.2) is 72.2 Å². The number of carbonyl (C=O) groups is 2. The molecule has 0 saturated heterocycles. The number of aromatic nitrogens is 1. The summed E-state index contributed by atoms with van der Waals surface area (Å²) in [6.45, 7) is 0.482. The summed E-state index contributed by atoms with van der Waals surface area (Å²) in [4.78, 5) is 30.1. The lowest BCUT2D eigenvalue weighted by Crippen LogP contribution is -2.48. The molecule has 2 aromatic carbocycles. The molecule has 0 spiro atoms. The number of H-pyrrole nitrogens is 1. The summed E-state index contributed by atoms with van der Waals surface area (Å²) in [6, 6.07) is 16.3. The molecule has 2 aromatic heterocycles. The van der Waals surface area contributed by atoms with E-state index in [0.717, 1.165) is 22.9 Å². The number of amides is 2. The molecule has 0 fully saturated rings. The minimum atomic E-state index is -0.764. The molecule has 0 radical (unpaired) electrons. The Labute approximate surface area is 183 Å². The van der Waals surface area contributed by atoms with Crippen LogP contribution in [0.5, 0.6) is 0 Å². The van der Waals surface area contributed by atoms with Gasteiger partial charge in [0.25, 0.3) is 5.91 Å². The first-order valence-electron chi connectivity index (χ1n) is 10.0. The van der Waals surface area contributed by atoms with Crippen LogP contribution in [-0.2, 0) is 17.6 Å². The zero-order valence-electron chi connectivity index (χ0n) is 16.7. The molecule has 0 unspecified atom stereocenters. The summed E-state index contributed by atoms with van der Waals surface area (Å²) in [7, 11) is 0. The van der Waals surface area contributed by atoms with Crippen molar-refractivity contribution in [1.82, 2.24) is 15.6 Å². The number of thiophene rings is 1. The van der Waals surface area contributed by atoms with Gasteiger partial charge in [-0.05, 0) is 53.8 Å². The highest BCUT2D eigenvalue weighted by atomic mass is 32.1. The first kappa shape index (κ1) is 20.8. The lowest BCUT2D eigenvalue weighted by Gasteiger charge is -2.18. The van der Waals surface area contributed by atoms with Gasteiger partial charge in [-0.15, -0.1) is 11.3 Å². The fourth-order valence-corrected chi connectivity index (χ4v) is 4.17. The normalized spacial score (nSPS) is 11.9. The van der Waals surface area contributed by atoms with E-state index in [1.807, 2.05) is 48.0 Å². The lowest BCUT2D eigenvalue weighted by atomic mass is 10.0. The zero-order chi connectivity index (χ0) is 21.6. The monoisotopic (exact) mass is 435 g/mol. The van der Waals surface area contributed by atoms with E-state index < -0.39 is 17.8 Å². The van der Waals surface area contributed by atoms with Crippen LogP contribution in [0.1, 0.15) is 20.8 Å². The summed E-state index contributed by atoms with van der Waals surface area (Å²) >= 11 is 1.64. The molecule has 7 heteroatoms. The van der Waals surface area contributed by atoms with E-state index in [2.05, 4.69) is 15.6 Å². The summed E-state index contributed by atoms with van der Waals surface area (Å²) < 4.78 is 13.2. The number of benzene rings is 2. The van der Waals surface area contributed by atoms with Crippen molar-refractivity contribution in [3.63, 3.8) is 0 Å². The smallest absolute Gasteiger partial charge is 0.251 e. The Morgan fingerprint density at radius 1 is 1.03 bits per heavy atom. The SMILES string of the molecule is O=C(N[C@H](Cc1c[nH]c2ccccc12)C(=O)NCCc1cccs1)c1ccc(F)cc1. The van der Waals surface area contributed by atoms with Gasteiger partial charge in [0.05, 0.1) is 0 Å². The first-order chi connectivity index (χ1) is 15.1. The Kier molecular flexibility index (Phi) is 6.43. The van der Waals surface area contributed by atoms with Gasteiger partial charge in [-0.3, -0.25) is 9.59 Å². The number of halogens is 1. The van der Waals surface area contributed by atoms with E-state index in [4.69, 9.17) is 0 Å². The van der Waals surface area contributed by atoms with E-state index in [1.54, 1.807) is 11.3 Å². The number of fused-ring (bicyclic) bond motifs is 1. The van der Waals surface area contributed by atoms with Crippen LogP contribution >= 0.6 is 11.3 Å². The van der Waals surface area contributed by atoms with Gasteiger partial charge < -0.3 is 15.6 Å². The fourth-order valence-electron chi connectivity index (χ4n) is 3.46. The van der Waals surface area contributed by atoms with E-state index in [-0.39, 0.29) is 5.91 Å². The van der Waals surface area contributed by atoms with Crippen molar-refractivity contribution in [3.05, 3.63) is 94.1 Å². The van der Waals surface area contributed by atoms with Crippen molar-refractivity contribution >= 4 is 34.1 Å². The first-order valence-corrected chi connectivity index (χ1v) is 10.9. The molecule has 0 bridgehead atoms. The van der Waals surface area contributed by atoms with E-state index >= 15 is 0 Å².